The lowest BCUT2D eigenvalue weighted by Gasteiger charge is -2.47. The minimum atomic E-state index is -0.267. The number of carbonyl (C=O) groups excluding carboxylic acids is 2. The number of likely N-dealkylation sites (tertiary alicyclic amines) is 1. The van der Waals surface area contributed by atoms with Gasteiger partial charge < -0.3 is 9.64 Å². The van der Waals surface area contributed by atoms with Crippen LogP contribution < -0.4 is 0 Å². The van der Waals surface area contributed by atoms with Crippen molar-refractivity contribution in [1.82, 2.24) is 4.90 Å². The molecule has 0 aromatic heterocycles. The first kappa shape index (κ1) is 16.2. The van der Waals surface area contributed by atoms with Gasteiger partial charge in [-0.2, -0.15) is 0 Å². The Morgan fingerprint density at radius 3 is 2.29 bits per heavy atom. The first-order chi connectivity index (χ1) is 11.7. The molecule has 0 bridgehead atoms. The smallest absolute Gasteiger partial charge is 0.305 e. The molecule has 0 radical (unpaired) electrons. The summed E-state index contributed by atoms with van der Waals surface area (Å²) in [5, 5.41) is 0. The van der Waals surface area contributed by atoms with Gasteiger partial charge in [0.15, 0.2) is 0 Å². The highest BCUT2D eigenvalue weighted by atomic mass is 16.5. The van der Waals surface area contributed by atoms with Gasteiger partial charge in [0.2, 0.25) is 5.91 Å². The van der Waals surface area contributed by atoms with Gasteiger partial charge in [-0.15, -0.1) is 0 Å². The Morgan fingerprint density at radius 1 is 1.04 bits per heavy atom. The van der Waals surface area contributed by atoms with Crippen LogP contribution in [-0.2, 0) is 20.9 Å². The van der Waals surface area contributed by atoms with E-state index in [1.807, 2.05) is 65.6 Å². The summed E-state index contributed by atoms with van der Waals surface area (Å²) in [6.07, 6.45) is 0.797. The zero-order valence-electron chi connectivity index (χ0n) is 13.7. The van der Waals surface area contributed by atoms with E-state index in [1.165, 1.54) is 7.11 Å². The molecule has 0 aliphatic carbocycles. The third kappa shape index (κ3) is 3.32. The number of hydrogen-bond acceptors (Lipinski definition) is 3. The number of nitrogens with zero attached hydrogens (tertiary/aromatic N) is 1. The minimum Gasteiger partial charge on any atom is -0.469 e. The van der Waals surface area contributed by atoms with Crippen molar-refractivity contribution in [2.75, 3.05) is 7.11 Å². The predicted octanol–water partition coefficient (Wildman–Crippen LogP) is 3.34. The highest BCUT2D eigenvalue weighted by Gasteiger charge is 2.47. The molecule has 2 atom stereocenters. The van der Waals surface area contributed by atoms with Crippen LogP contribution in [0, 0.1) is 5.92 Å². The molecule has 1 aliphatic heterocycles. The van der Waals surface area contributed by atoms with Crippen LogP contribution in [0.2, 0.25) is 0 Å². The van der Waals surface area contributed by atoms with E-state index in [4.69, 9.17) is 4.74 Å². The van der Waals surface area contributed by atoms with Crippen molar-refractivity contribution in [2.24, 2.45) is 5.92 Å². The fraction of sp³-hybridized carbons (Fsp3) is 0.300. The Labute approximate surface area is 142 Å². The Balaban J connectivity index is 1.78. The quantitative estimate of drug-likeness (QED) is 0.605. The average Bonchev–Trinajstić information content (AvgIpc) is 2.64. The van der Waals surface area contributed by atoms with E-state index in [0.29, 0.717) is 13.0 Å². The Kier molecular flexibility index (Phi) is 4.94. The molecule has 3 rings (SSSR count). The molecule has 4 nitrogen and oxygen atoms in total. The van der Waals surface area contributed by atoms with Gasteiger partial charge in [0.05, 0.1) is 19.1 Å². The van der Waals surface area contributed by atoms with E-state index >= 15 is 0 Å². The van der Waals surface area contributed by atoms with Gasteiger partial charge in [-0.1, -0.05) is 60.7 Å². The fourth-order valence-corrected chi connectivity index (χ4v) is 3.30. The summed E-state index contributed by atoms with van der Waals surface area (Å²) in [6, 6.07) is 20.0. The van der Waals surface area contributed by atoms with E-state index in [9.17, 15) is 9.59 Å². The molecule has 1 heterocycles. The molecule has 2 aromatic rings. The highest BCUT2D eigenvalue weighted by Crippen LogP contribution is 2.43. The lowest BCUT2D eigenvalue weighted by atomic mass is 9.79. The Morgan fingerprint density at radius 2 is 1.67 bits per heavy atom. The van der Waals surface area contributed by atoms with Gasteiger partial charge in [0, 0.05) is 13.0 Å². The maximum atomic E-state index is 12.6. The van der Waals surface area contributed by atoms with E-state index in [1.54, 1.807) is 0 Å². The summed E-state index contributed by atoms with van der Waals surface area (Å²) in [6.45, 7) is 0.591. The third-order valence-electron chi connectivity index (χ3n) is 4.54. The Bertz CT molecular complexity index is 699. The third-order valence-corrected chi connectivity index (χ3v) is 4.54. The maximum absolute atomic E-state index is 12.6. The van der Waals surface area contributed by atoms with E-state index in [2.05, 4.69) is 0 Å². The molecule has 1 saturated heterocycles. The SMILES string of the molecule is COC(=O)CC[C@H]1C(=O)N(Cc2ccccc2)[C@@H]1c1ccccc1. The van der Waals surface area contributed by atoms with Crippen molar-refractivity contribution in [3.63, 3.8) is 0 Å². The van der Waals surface area contributed by atoms with E-state index in [-0.39, 0.29) is 30.3 Å². The minimum absolute atomic E-state index is 0.0172. The van der Waals surface area contributed by atoms with Crippen molar-refractivity contribution in [3.05, 3.63) is 71.8 Å². The molecule has 1 fully saturated rings. The number of methoxy groups -OCH3 is 1. The molecular weight excluding hydrogens is 302 g/mol. The van der Waals surface area contributed by atoms with Crippen LogP contribution >= 0.6 is 0 Å². The van der Waals surface area contributed by atoms with Crippen LogP contribution in [0.25, 0.3) is 0 Å². The second kappa shape index (κ2) is 7.30. The largest absolute Gasteiger partial charge is 0.469 e. The monoisotopic (exact) mass is 323 g/mol. The van der Waals surface area contributed by atoms with Crippen molar-refractivity contribution in [1.29, 1.82) is 0 Å². The number of benzene rings is 2. The summed E-state index contributed by atoms with van der Waals surface area (Å²) < 4.78 is 4.70. The molecule has 24 heavy (non-hydrogen) atoms. The van der Waals surface area contributed by atoms with Gasteiger partial charge >= 0.3 is 5.97 Å². The maximum Gasteiger partial charge on any atom is 0.305 e. The van der Waals surface area contributed by atoms with Crippen molar-refractivity contribution < 1.29 is 14.3 Å². The fourth-order valence-electron chi connectivity index (χ4n) is 3.30. The molecule has 1 amide bonds. The predicted molar refractivity (Wildman–Crippen MR) is 90.9 cm³/mol. The number of β-lactam (4-membered cyclic amide) rings is 1. The number of amides is 1. The first-order valence-electron chi connectivity index (χ1n) is 8.17. The molecule has 0 N–H and O–H groups in total. The first-order valence-corrected chi connectivity index (χ1v) is 8.17. The number of ether oxygens (including phenoxy) is 1. The number of rotatable bonds is 6. The molecular formula is C20H21NO3. The number of hydrogen-bond donors (Lipinski definition) is 0. The van der Waals surface area contributed by atoms with Crippen LogP contribution in [0.4, 0.5) is 0 Å². The van der Waals surface area contributed by atoms with E-state index in [0.717, 1.165) is 11.1 Å². The number of carbonyl (C=O) groups is 2. The summed E-state index contributed by atoms with van der Waals surface area (Å²) in [5.74, 6) is -0.317. The highest BCUT2D eigenvalue weighted by molar-refractivity contribution is 5.87. The van der Waals surface area contributed by atoms with Gasteiger partial charge in [-0.25, -0.2) is 0 Å². The zero-order chi connectivity index (χ0) is 16.9. The van der Waals surface area contributed by atoms with Gasteiger partial charge in [0.25, 0.3) is 0 Å². The second-order valence-corrected chi connectivity index (χ2v) is 6.03. The number of esters is 1. The van der Waals surface area contributed by atoms with Crippen LogP contribution in [0.5, 0.6) is 0 Å². The Hall–Kier alpha value is -2.62. The van der Waals surface area contributed by atoms with E-state index < -0.39 is 0 Å². The summed E-state index contributed by atoms with van der Waals surface area (Å²) in [5.41, 5.74) is 2.22. The van der Waals surface area contributed by atoms with Gasteiger partial charge in [-0.3, -0.25) is 9.59 Å². The van der Waals surface area contributed by atoms with Crippen LogP contribution in [0.3, 0.4) is 0 Å². The summed E-state index contributed by atoms with van der Waals surface area (Å²) in [7, 11) is 1.38. The lowest BCUT2D eigenvalue weighted by Crippen LogP contribution is -2.54. The molecule has 1 aliphatic rings. The summed E-state index contributed by atoms with van der Waals surface area (Å²) in [4.78, 5) is 26.0. The molecule has 2 aromatic carbocycles. The topological polar surface area (TPSA) is 46.6 Å². The van der Waals surface area contributed by atoms with Crippen molar-refractivity contribution in [2.45, 2.75) is 25.4 Å². The molecule has 0 spiro atoms. The van der Waals surface area contributed by atoms with Crippen molar-refractivity contribution in [3.8, 4) is 0 Å². The zero-order valence-corrected chi connectivity index (χ0v) is 13.7. The molecule has 0 unspecified atom stereocenters. The van der Waals surface area contributed by atoms with Crippen LogP contribution in [0.15, 0.2) is 60.7 Å². The van der Waals surface area contributed by atoms with Crippen LogP contribution in [0.1, 0.15) is 30.0 Å². The van der Waals surface area contributed by atoms with Gasteiger partial charge in [0.1, 0.15) is 0 Å². The molecule has 4 heteroatoms. The normalized spacial score (nSPS) is 19.7. The lowest BCUT2D eigenvalue weighted by molar-refractivity contribution is -0.159. The standard InChI is InChI=1S/C20H21NO3/c1-24-18(22)13-12-17-19(16-10-6-3-7-11-16)21(20(17)23)14-15-8-4-2-5-9-15/h2-11,17,19H,12-14H2,1H3/t17-,19-/m1/s1. The second-order valence-electron chi connectivity index (χ2n) is 6.03. The molecule has 124 valence electrons. The van der Waals surface area contributed by atoms with Crippen molar-refractivity contribution >= 4 is 11.9 Å². The molecule has 0 saturated carbocycles. The summed E-state index contributed by atoms with van der Waals surface area (Å²) >= 11 is 0. The van der Waals surface area contributed by atoms with Crippen LogP contribution in [-0.4, -0.2) is 23.9 Å². The van der Waals surface area contributed by atoms with Gasteiger partial charge in [-0.05, 0) is 17.5 Å². The average molecular weight is 323 g/mol.